The van der Waals surface area contributed by atoms with Crippen LogP contribution in [0.5, 0.6) is 0 Å². The lowest BCUT2D eigenvalue weighted by atomic mass is 10.0. The third-order valence-electron chi connectivity index (χ3n) is 4.62. The summed E-state index contributed by atoms with van der Waals surface area (Å²) >= 11 is 5.80. The van der Waals surface area contributed by atoms with Gasteiger partial charge in [-0.2, -0.15) is 0 Å². The predicted molar refractivity (Wildman–Crippen MR) is 79.4 cm³/mol. The molecule has 3 nitrogen and oxygen atoms in total. The molecule has 0 radical (unpaired) electrons. The molecule has 1 saturated carbocycles. The van der Waals surface area contributed by atoms with Gasteiger partial charge in [0.05, 0.1) is 6.54 Å². The van der Waals surface area contributed by atoms with E-state index in [2.05, 4.69) is 38.3 Å². The molecule has 104 valence electrons. The van der Waals surface area contributed by atoms with Crippen molar-refractivity contribution in [1.82, 2.24) is 5.32 Å². The summed E-state index contributed by atoms with van der Waals surface area (Å²) in [5.41, 5.74) is 1.26. The quantitative estimate of drug-likeness (QED) is 0.888. The molecular formula is C15H21ClN2O. The molecule has 0 saturated heterocycles. The summed E-state index contributed by atoms with van der Waals surface area (Å²) in [6.07, 6.45) is 0. The normalized spacial score (nSPS) is 20.1. The number of hydrogen-bond acceptors (Lipinski definition) is 2. The van der Waals surface area contributed by atoms with Crippen molar-refractivity contribution in [3.63, 3.8) is 0 Å². The summed E-state index contributed by atoms with van der Waals surface area (Å²) < 4.78 is 0. The first-order chi connectivity index (χ1) is 8.75. The van der Waals surface area contributed by atoms with Gasteiger partial charge in [-0.25, -0.2) is 0 Å². The van der Waals surface area contributed by atoms with E-state index in [9.17, 15) is 4.79 Å². The summed E-state index contributed by atoms with van der Waals surface area (Å²) in [7, 11) is 0. The molecule has 0 bridgehead atoms. The SMILES string of the molecule is CC1(C)C(NCC(=O)Nc2ccc(Cl)cc2)C1(C)C. The minimum absolute atomic E-state index is 0.0270. The summed E-state index contributed by atoms with van der Waals surface area (Å²) in [4.78, 5) is 11.8. The zero-order valence-corrected chi connectivity index (χ0v) is 12.6. The topological polar surface area (TPSA) is 41.1 Å². The summed E-state index contributed by atoms with van der Waals surface area (Å²) in [5, 5.41) is 6.84. The Bertz CT molecular complexity index is 465. The Balaban J connectivity index is 1.82. The molecule has 0 aromatic heterocycles. The van der Waals surface area contributed by atoms with Crippen LogP contribution in [0.4, 0.5) is 5.69 Å². The first-order valence-electron chi connectivity index (χ1n) is 6.54. The molecule has 1 aliphatic carbocycles. The van der Waals surface area contributed by atoms with Crippen LogP contribution in [-0.2, 0) is 4.79 Å². The molecule has 1 fully saturated rings. The van der Waals surface area contributed by atoms with Gasteiger partial charge in [0.1, 0.15) is 0 Å². The van der Waals surface area contributed by atoms with Gasteiger partial charge in [0, 0.05) is 16.8 Å². The number of amides is 1. The van der Waals surface area contributed by atoms with Crippen LogP contribution in [0.15, 0.2) is 24.3 Å². The van der Waals surface area contributed by atoms with E-state index in [1.54, 1.807) is 24.3 Å². The van der Waals surface area contributed by atoms with Crippen molar-refractivity contribution in [1.29, 1.82) is 0 Å². The second-order valence-corrected chi connectivity index (χ2v) is 6.75. The fourth-order valence-corrected chi connectivity index (χ4v) is 2.77. The zero-order valence-electron chi connectivity index (χ0n) is 11.9. The number of anilines is 1. The Kier molecular flexibility index (Phi) is 3.63. The maximum Gasteiger partial charge on any atom is 0.238 e. The Labute approximate surface area is 119 Å². The highest BCUT2D eigenvalue weighted by molar-refractivity contribution is 6.30. The third-order valence-corrected chi connectivity index (χ3v) is 4.87. The van der Waals surface area contributed by atoms with Crippen LogP contribution in [0, 0.1) is 10.8 Å². The first-order valence-corrected chi connectivity index (χ1v) is 6.92. The van der Waals surface area contributed by atoms with Crippen LogP contribution < -0.4 is 10.6 Å². The fourth-order valence-electron chi connectivity index (χ4n) is 2.64. The van der Waals surface area contributed by atoms with E-state index in [0.717, 1.165) is 5.69 Å². The lowest BCUT2D eigenvalue weighted by molar-refractivity contribution is -0.115. The summed E-state index contributed by atoms with van der Waals surface area (Å²) in [6.45, 7) is 9.23. The molecule has 4 heteroatoms. The van der Waals surface area contributed by atoms with Crippen molar-refractivity contribution in [2.24, 2.45) is 10.8 Å². The minimum atomic E-state index is -0.0270. The molecule has 0 spiro atoms. The third kappa shape index (κ3) is 2.77. The number of carbonyl (C=O) groups excluding carboxylic acids is 1. The molecule has 0 aliphatic heterocycles. The van der Waals surface area contributed by atoms with Crippen LogP contribution in [0.2, 0.25) is 5.02 Å². The second-order valence-electron chi connectivity index (χ2n) is 6.31. The zero-order chi connectivity index (χ0) is 14.3. The molecular weight excluding hydrogens is 260 g/mol. The van der Waals surface area contributed by atoms with Crippen molar-refractivity contribution in [3.05, 3.63) is 29.3 Å². The van der Waals surface area contributed by atoms with E-state index in [1.165, 1.54) is 0 Å². The number of hydrogen-bond donors (Lipinski definition) is 2. The second kappa shape index (κ2) is 4.80. The molecule has 0 atom stereocenters. The van der Waals surface area contributed by atoms with E-state index in [1.807, 2.05) is 0 Å². The van der Waals surface area contributed by atoms with Gasteiger partial charge in [0.15, 0.2) is 0 Å². The van der Waals surface area contributed by atoms with Crippen molar-refractivity contribution in [3.8, 4) is 0 Å². The molecule has 1 amide bonds. The van der Waals surface area contributed by atoms with Crippen molar-refractivity contribution < 1.29 is 4.79 Å². The number of halogens is 1. The van der Waals surface area contributed by atoms with E-state index >= 15 is 0 Å². The fraction of sp³-hybridized carbons (Fsp3) is 0.533. The Hall–Kier alpha value is -1.06. The Morgan fingerprint density at radius 3 is 2.16 bits per heavy atom. The lowest BCUT2D eigenvalue weighted by Gasteiger charge is -2.08. The number of nitrogens with one attached hydrogen (secondary N) is 2. The summed E-state index contributed by atoms with van der Waals surface area (Å²) in [5.74, 6) is -0.0270. The first kappa shape index (κ1) is 14.4. The van der Waals surface area contributed by atoms with Gasteiger partial charge in [-0.1, -0.05) is 39.3 Å². The average molecular weight is 281 g/mol. The smallest absolute Gasteiger partial charge is 0.238 e. The van der Waals surface area contributed by atoms with Crippen molar-refractivity contribution >= 4 is 23.2 Å². The summed E-state index contributed by atoms with van der Waals surface area (Å²) in [6, 6.07) is 7.50. The maximum atomic E-state index is 11.8. The molecule has 1 aliphatic rings. The predicted octanol–water partition coefficient (Wildman–Crippen LogP) is 3.30. The van der Waals surface area contributed by atoms with Gasteiger partial charge < -0.3 is 10.6 Å². The van der Waals surface area contributed by atoms with Gasteiger partial charge in [0.2, 0.25) is 5.91 Å². The van der Waals surface area contributed by atoms with Crippen molar-refractivity contribution in [2.45, 2.75) is 33.7 Å². The Morgan fingerprint density at radius 1 is 1.16 bits per heavy atom. The number of carbonyl (C=O) groups is 1. The molecule has 1 aromatic carbocycles. The molecule has 1 aromatic rings. The lowest BCUT2D eigenvalue weighted by Crippen LogP contribution is -2.32. The van der Waals surface area contributed by atoms with E-state index in [-0.39, 0.29) is 16.7 Å². The van der Waals surface area contributed by atoms with E-state index < -0.39 is 0 Å². The number of benzene rings is 1. The van der Waals surface area contributed by atoms with Crippen LogP contribution in [0.1, 0.15) is 27.7 Å². The monoisotopic (exact) mass is 280 g/mol. The molecule has 2 rings (SSSR count). The highest BCUT2D eigenvalue weighted by Gasteiger charge is 2.64. The highest BCUT2D eigenvalue weighted by atomic mass is 35.5. The average Bonchev–Trinajstić information content (AvgIpc) is 2.70. The van der Waals surface area contributed by atoms with Gasteiger partial charge in [0.25, 0.3) is 0 Å². The standard InChI is InChI=1S/C15H21ClN2O/c1-14(2)13(15(14,3)4)17-9-12(19)18-11-7-5-10(16)6-8-11/h5-8,13,17H,9H2,1-4H3,(H,18,19). The van der Waals surface area contributed by atoms with Crippen LogP contribution >= 0.6 is 11.6 Å². The van der Waals surface area contributed by atoms with Crippen LogP contribution in [-0.4, -0.2) is 18.5 Å². The van der Waals surface area contributed by atoms with E-state index in [4.69, 9.17) is 11.6 Å². The van der Waals surface area contributed by atoms with Crippen LogP contribution in [0.25, 0.3) is 0 Å². The van der Waals surface area contributed by atoms with Crippen molar-refractivity contribution in [2.75, 3.05) is 11.9 Å². The molecule has 0 unspecified atom stereocenters. The van der Waals surface area contributed by atoms with Gasteiger partial charge in [-0.05, 0) is 35.1 Å². The van der Waals surface area contributed by atoms with Crippen LogP contribution in [0.3, 0.4) is 0 Å². The highest BCUT2D eigenvalue weighted by Crippen LogP contribution is 2.62. The minimum Gasteiger partial charge on any atom is -0.325 e. The Morgan fingerprint density at radius 2 is 1.68 bits per heavy atom. The number of rotatable bonds is 4. The van der Waals surface area contributed by atoms with Gasteiger partial charge in [-0.3, -0.25) is 4.79 Å². The maximum absolute atomic E-state index is 11.8. The molecule has 2 N–H and O–H groups in total. The van der Waals surface area contributed by atoms with Gasteiger partial charge >= 0.3 is 0 Å². The van der Waals surface area contributed by atoms with Gasteiger partial charge in [-0.15, -0.1) is 0 Å². The molecule has 0 heterocycles. The van der Waals surface area contributed by atoms with E-state index in [0.29, 0.717) is 17.6 Å². The largest absolute Gasteiger partial charge is 0.325 e. The molecule has 19 heavy (non-hydrogen) atoms.